The molecule has 0 aliphatic heterocycles. The maximum Gasteiger partial charge on any atom is 0.323 e. The minimum Gasteiger partial charge on any atom is -0.465 e. The monoisotopic (exact) mass is 465 g/mol. The maximum atomic E-state index is 13.1. The van der Waals surface area contributed by atoms with Crippen molar-refractivity contribution in [2.75, 3.05) is 19.8 Å². The van der Waals surface area contributed by atoms with Crippen LogP contribution in [-0.4, -0.2) is 59.7 Å². The van der Waals surface area contributed by atoms with E-state index in [-0.39, 0.29) is 25.2 Å². The Kier molecular flexibility index (Phi) is 13.8. The van der Waals surface area contributed by atoms with Gasteiger partial charge in [0, 0.05) is 12.6 Å². The molecule has 1 amide bonds. The Labute approximate surface area is 196 Å². The second-order valence-corrected chi connectivity index (χ2v) is 8.38. The molecular formula is C24H39N3O6. The van der Waals surface area contributed by atoms with E-state index in [0.29, 0.717) is 32.2 Å². The summed E-state index contributed by atoms with van der Waals surface area (Å²) in [5.41, 5.74) is 1.10. The molecule has 1 aromatic carbocycles. The highest BCUT2D eigenvalue weighted by Crippen LogP contribution is 2.10. The first kappa shape index (κ1) is 28.4. The summed E-state index contributed by atoms with van der Waals surface area (Å²) in [6.45, 7) is 8.64. The van der Waals surface area contributed by atoms with Gasteiger partial charge < -0.3 is 14.5 Å². The predicted molar refractivity (Wildman–Crippen MR) is 126 cm³/mol. The molecule has 2 atom stereocenters. The number of rotatable bonds is 17. The van der Waals surface area contributed by atoms with Crippen molar-refractivity contribution < 1.29 is 24.3 Å². The molecule has 1 N–H and O–H groups in total. The summed E-state index contributed by atoms with van der Waals surface area (Å²) in [6.07, 6.45) is 3.94. The zero-order chi connectivity index (χ0) is 24.6. The Morgan fingerprint density at radius 3 is 2.36 bits per heavy atom. The van der Waals surface area contributed by atoms with Gasteiger partial charge in [-0.3, -0.25) is 14.9 Å². The number of hydrogen-bond acceptors (Lipinski definition) is 7. The van der Waals surface area contributed by atoms with Crippen LogP contribution in [0.25, 0.3) is 0 Å². The van der Waals surface area contributed by atoms with Crippen LogP contribution < -0.4 is 5.32 Å². The predicted octanol–water partition coefficient (Wildman–Crippen LogP) is 3.53. The Morgan fingerprint density at radius 2 is 1.76 bits per heavy atom. The molecule has 0 saturated heterocycles. The largest absolute Gasteiger partial charge is 0.465 e. The second-order valence-electron chi connectivity index (χ2n) is 8.38. The summed E-state index contributed by atoms with van der Waals surface area (Å²) < 4.78 is 5.40. The quantitative estimate of drug-likeness (QED) is 0.162. The van der Waals surface area contributed by atoms with Crippen molar-refractivity contribution in [3.8, 4) is 0 Å². The number of hydrogen-bond donors (Lipinski definition) is 1. The van der Waals surface area contributed by atoms with Crippen LogP contribution in [0.5, 0.6) is 0 Å². The molecule has 0 saturated carbocycles. The third kappa shape index (κ3) is 11.7. The van der Waals surface area contributed by atoms with Gasteiger partial charge in [0.15, 0.2) is 0 Å². The average molecular weight is 466 g/mol. The van der Waals surface area contributed by atoms with E-state index in [1.165, 1.54) is 0 Å². The van der Waals surface area contributed by atoms with Gasteiger partial charge in [-0.05, 0) is 58.4 Å². The lowest BCUT2D eigenvalue weighted by Gasteiger charge is -2.31. The van der Waals surface area contributed by atoms with Crippen LogP contribution in [0.1, 0.15) is 65.4 Å². The number of nitrogens with one attached hydrogen (secondary N) is 1. The third-order valence-corrected chi connectivity index (χ3v) is 5.31. The number of carbonyl (C=O) groups is 2. The van der Waals surface area contributed by atoms with Crippen LogP contribution in [0.2, 0.25) is 0 Å². The summed E-state index contributed by atoms with van der Waals surface area (Å²) in [4.78, 5) is 42.1. The first-order valence-corrected chi connectivity index (χ1v) is 11.8. The lowest BCUT2D eigenvalue weighted by Crippen LogP contribution is -2.53. The fourth-order valence-electron chi connectivity index (χ4n) is 3.41. The van der Waals surface area contributed by atoms with Gasteiger partial charge >= 0.3 is 5.97 Å². The zero-order valence-corrected chi connectivity index (χ0v) is 20.3. The average Bonchev–Trinajstić information content (AvgIpc) is 2.78. The van der Waals surface area contributed by atoms with E-state index in [1.54, 1.807) is 6.92 Å². The highest BCUT2D eigenvalue weighted by Gasteiger charge is 2.28. The summed E-state index contributed by atoms with van der Waals surface area (Å²) in [5.74, 6) is -0.460. The van der Waals surface area contributed by atoms with Crippen molar-refractivity contribution in [1.82, 2.24) is 10.2 Å². The molecule has 9 heteroatoms. The Morgan fingerprint density at radius 1 is 1.09 bits per heavy atom. The topological polar surface area (TPSA) is 111 Å². The number of amides is 1. The van der Waals surface area contributed by atoms with E-state index >= 15 is 0 Å². The number of ether oxygens (including phenoxy) is 1. The van der Waals surface area contributed by atoms with Crippen LogP contribution in [0.3, 0.4) is 0 Å². The molecule has 0 heterocycles. The van der Waals surface area contributed by atoms with Crippen molar-refractivity contribution in [3.63, 3.8) is 0 Å². The normalized spacial score (nSPS) is 12.8. The van der Waals surface area contributed by atoms with Crippen molar-refractivity contribution in [2.24, 2.45) is 0 Å². The zero-order valence-electron chi connectivity index (χ0n) is 20.3. The second kappa shape index (κ2) is 16.0. The Hall–Kier alpha value is -2.68. The standard InChI is InChI=1S/C24H39N3O6/c1-5-6-16-26(19(2)3)23(28)20(4)25-22(15-14-21-12-8-7-9-13-21)24(29)32-17-10-11-18-33-27(30)31/h7-9,12-13,19-20,22,25H,5-6,10-11,14-18H2,1-4H3. The Bertz CT molecular complexity index is 713. The summed E-state index contributed by atoms with van der Waals surface area (Å²) in [5, 5.41) is 12.5. The number of carbonyl (C=O) groups excluding carboxylic acids is 2. The molecule has 0 spiro atoms. The van der Waals surface area contributed by atoms with E-state index in [2.05, 4.69) is 17.1 Å². The SMILES string of the molecule is CCCCN(C(=O)C(C)NC(CCc1ccccc1)C(=O)OCCCCO[N+](=O)[O-])C(C)C. The number of nitrogens with zero attached hydrogens (tertiary/aromatic N) is 2. The van der Waals surface area contributed by atoms with Gasteiger partial charge in [-0.1, -0.05) is 43.7 Å². The lowest BCUT2D eigenvalue weighted by atomic mass is 10.0. The van der Waals surface area contributed by atoms with Gasteiger partial charge in [0.2, 0.25) is 5.91 Å². The first-order valence-electron chi connectivity index (χ1n) is 11.8. The molecule has 0 aliphatic carbocycles. The number of esters is 1. The molecule has 1 aromatic rings. The molecular weight excluding hydrogens is 426 g/mol. The molecule has 33 heavy (non-hydrogen) atoms. The molecule has 0 bridgehead atoms. The molecule has 1 rings (SSSR count). The number of benzene rings is 1. The fraction of sp³-hybridized carbons (Fsp3) is 0.667. The maximum absolute atomic E-state index is 13.1. The molecule has 2 unspecified atom stereocenters. The van der Waals surface area contributed by atoms with Gasteiger partial charge in [0.25, 0.3) is 5.09 Å². The van der Waals surface area contributed by atoms with E-state index in [1.807, 2.05) is 49.1 Å². The van der Waals surface area contributed by atoms with E-state index in [9.17, 15) is 19.7 Å². The third-order valence-electron chi connectivity index (χ3n) is 5.31. The minimum absolute atomic E-state index is 0.0332. The van der Waals surface area contributed by atoms with Gasteiger partial charge in [0.05, 0.1) is 19.3 Å². The van der Waals surface area contributed by atoms with E-state index in [0.717, 1.165) is 18.4 Å². The first-order chi connectivity index (χ1) is 15.8. The molecule has 186 valence electrons. The van der Waals surface area contributed by atoms with Gasteiger partial charge in [-0.2, -0.15) is 0 Å². The van der Waals surface area contributed by atoms with Crippen LogP contribution in [0.4, 0.5) is 0 Å². The number of unbranched alkanes of at least 4 members (excludes halogenated alkanes) is 2. The van der Waals surface area contributed by atoms with Crippen molar-refractivity contribution >= 4 is 11.9 Å². The van der Waals surface area contributed by atoms with Gasteiger partial charge in [-0.15, -0.1) is 10.1 Å². The summed E-state index contributed by atoms with van der Waals surface area (Å²) in [6, 6.07) is 8.73. The summed E-state index contributed by atoms with van der Waals surface area (Å²) >= 11 is 0. The highest BCUT2D eigenvalue weighted by atomic mass is 16.9. The fourth-order valence-corrected chi connectivity index (χ4v) is 3.41. The van der Waals surface area contributed by atoms with Crippen molar-refractivity contribution in [2.45, 2.75) is 84.3 Å². The summed E-state index contributed by atoms with van der Waals surface area (Å²) in [7, 11) is 0. The molecule has 9 nitrogen and oxygen atoms in total. The van der Waals surface area contributed by atoms with Crippen LogP contribution >= 0.6 is 0 Å². The molecule has 0 radical (unpaired) electrons. The number of aryl methyl sites for hydroxylation is 1. The Balaban J connectivity index is 2.72. The smallest absolute Gasteiger partial charge is 0.323 e. The molecule has 0 aromatic heterocycles. The van der Waals surface area contributed by atoms with Crippen molar-refractivity contribution in [3.05, 3.63) is 46.0 Å². The molecule has 0 fully saturated rings. The lowest BCUT2D eigenvalue weighted by molar-refractivity contribution is -0.757. The van der Waals surface area contributed by atoms with Crippen LogP contribution in [0.15, 0.2) is 30.3 Å². The van der Waals surface area contributed by atoms with Gasteiger partial charge in [0.1, 0.15) is 6.04 Å². The van der Waals surface area contributed by atoms with Crippen LogP contribution in [0, 0.1) is 10.1 Å². The van der Waals surface area contributed by atoms with E-state index in [4.69, 9.17) is 4.74 Å². The van der Waals surface area contributed by atoms with Crippen molar-refractivity contribution in [1.29, 1.82) is 0 Å². The minimum atomic E-state index is -0.838. The highest BCUT2D eigenvalue weighted by molar-refractivity contribution is 5.83. The van der Waals surface area contributed by atoms with E-state index < -0.39 is 23.1 Å². The van der Waals surface area contributed by atoms with Gasteiger partial charge in [-0.25, -0.2) is 0 Å². The van der Waals surface area contributed by atoms with Crippen LogP contribution in [-0.2, 0) is 25.6 Å². The molecule has 0 aliphatic rings.